The van der Waals surface area contributed by atoms with E-state index in [0.717, 1.165) is 0 Å². The first-order valence-corrected chi connectivity index (χ1v) is 52.4. The molecule has 0 aliphatic carbocycles. The molecule has 0 heterocycles. The van der Waals surface area contributed by atoms with Gasteiger partial charge in [-0.25, -0.2) is 0 Å². The predicted octanol–water partition coefficient (Wildman–Crippen LogP) is 7.59. The van der Waals surface area contributed by atoms with E-state index < -0.39 is 102 Å². The van der Waals surface area contributed by atoms with Gasteiger partial charge in [-0.2, -0.15) is 0 Å². The zero-order valence-electron chi connectivity index (χ0n) is 37.1. The Morgan fingerprint density at radius 2 is 0.314 bits per heavy atom. The highest BCUT2D eigenvalue weighted by molar-refractivity contribution is 6.94. The van der Waals surface area contributed by atoms with E-state index in [9.17, 15) is 0 Å². The summed E-state index contributed by atoms with van der Waals surface area (Å²) in [6, 6.07) is 0. The topological polar surface area (TPSA) is 154 Å². The summed E-state index contributed by atoms with van der Waals surface area (Å²) in [6.07, 6.45) is 1.09. The molecule has 0 saturated carbocycles. The summed E-state index contributed by atoms with van der Waals surface area (Å²) in [7, 11) is -30.4. The molecule has 0 aromatic rings. The van der Waals surface area contributed by atoms with Gasteiger partial charge in [0.05, 0.1) is 0 Å². The van der Waals surface area contributed by atoms with E-state index in [1.165, 1.54) is 0 Å². The van der Waals surface area contributed by atoms with Gasteiger partial charge in [0.15, 0.2) is 16.6 Å². The Kier molecular flexibility index (Phi) is 18.7. The lowest BCUT2D eigenvalue weighted by atomic mass is 11.5. The molecular formula is C26H80N2O11Si12. The summed E-state index contributed by atoms with van der Waals surface area (Å²) in [6.45, 7) is 49.7. The van der Waals surface area contributed by atoms with Gasteiger partial charge in [0.25, 0.3) is 0 Å². The first-order valence-electron chi connectivity index (χ1n) is 18.0. The van der Waals surface area contributed by atoms with Crippen LogP contribution in [0.15, 0.2) is 0 Å². The molecule has 0 radical (unpaired) electrons. The molecule has 0 fully saturated rings. The fourth-order valence-electron chi connectivity index (χ4n) is 6.95. The molecule has 0 aliphatic heterocycles. The third kappa shape index (κ3) is 23.8. The summed E-state index contributed by atoms with van der Waals surface area (Å²) < 4.78 is 73.5. The normalized spacial score (nSPS) is 15.9. The van der Waals surface area contributed by atoms with Crippen LogP contribution in [0.3, 0.4) is 0 Å². The summed E-state index contributed by atoms with van der Waals surface area (Å²) in [5.74, 6) is 0. The van der Waals surface area contributed by atoms with Gasteiger partial charge >= 0.3 is 85.6 Å². The van der Waals surface area contributed by atoms with Crippen molar-refractivity contribution in [2.45, 2.75) is 157 Å². The highest BCUT2D eigenvalue weighted by Crippen LogP contribution is 2.31. The van der Waals surface area contributed by atoms with Gasteiger partial charge in [-0.1, -0.05) is 0 Å². The van der Waals surface area contributed by atoms with Gasteiger partial charge in [0.2, 0.25) is 0 Å². The fraction of sp³-hybridized carbons (Fsp3) is 1.00. The van der Waals surface area contributed by atoms with Gasteiger partial charge in [-0.3, -0.25) is 0 Å². The molecule has 0 atom stereocenters. The highest BCUT2D eigenvalue weighted by Gasteiger charge is 2.51. The maximum Gasteiger partial charge on any atom is 0.314 e. The molecule has 0 rings (SSSR count). The molecule has 4 N–H and O–H groups in total. The van der Waals surface area contributed by atoms with Crippen molar-refractivity contribution in [3.8, 4) is 0 Å². The molecule has 0 saturated heterocycles. The van der Waals surface area contributed by atoms with Gasteiger partial charge in [0.1, 0.15) is 0 Å². The van der Waals surface area contributed by atoms with Gasteiger partial charge in [-0.15, -0.1) is 0 Å². The molecule has 0 amide bonds. The van der Waals surface area contributed by atoms with Crippen LogP contribution in [-0.2, 0) is 45.3 Å². The van der Waals surface area contributed by atoms with Gasteiger partial charge in [0, 0.05) is 12.3 Å². The van der Waals surface area contributed by atoms with Crippen molar-refractivity contribution in [2.75, 3.05) is 12.3 Å². The molecule has 25 heteroatoms. The monoisotopic (exact) mass is 932 g/mol. The molecule has 51 heavy (non-hydrogen) atoms. The molecular weight excluding hydrogens is 853 g/mol. The van der Waals surface area contributed by atoms with Crippen molar-refractivity contribution in [3.05, 3.63) is 0 Å². The quantitative estimate of drug-likeness (QED) is 0.0915. The van der Waals surface area contributed by atoms with E-state index in [0.29, 0.717) is 12.3 Å². The van der Waals surface area contributed by atoms with E-state index in [1.54, 1.807) is 0 Å². The minimum absolute atomic E-state index is 0.546. The van der Waals surface area contributed by atoms with Crippen molar-refractivity contribution in [1.82, 2.24) is 0 Å². The van der Waals surface area contributed by atoms with Crippen LogP contribution in [0.2, 0.25) is 157 Å². The van der Waals surface area contributed by atoms with Gasteiger partial charge in [-0.05, 0) is 157 Å². The Morgan fingerprint density at radius 1 is 0.216 bits per heavy atom. The Morgan fingerprint density at radius 3 is 0.412 bits per heavy atom. The summed E-state index contributed by atoms with van der Waals surface area (Å²) in [5, 5.41) is 0. The van der Waals surface area contributed by atoms with Crippen LogP contribution >= 0.6 is 0 Å². The largest absolute Gasteiger partial charge is 0.435 e. The zero-order valence-corrected chi connectivity index (χ0v) is 49.1. The third-order valence-electron chi connectivity index (χ3n) is 6.45. The highest BCUT2D eigenvalue weighted by atomic mass is 28.5. The van der Waals surface area contributed by atoms with Crippen LogP contribution in [0.25, 0.3) is 0 Å². The molecule has 0 unspecified atom stereocenters. The van der Waals surface area contributed by atoms with Crippen LogP contribution in [0.5, 0.6) is 0 Å². The maximum atomic E-state index is 6.80. The zero-order chi connectivity index (χ0) is 41.2. The minimum atomic E-state index is -2.73. The maximum absolute atomic E-state index is 6.80. The van der Waals surface area contributed by atoms with Crippen molar-refractivity contribution in [2.24, 2.45) is 11.5 Å². The Hall–Kier alpha value is 2.08. The lowest BCUT2D eigenvalue weighted by Gasteiger charge is -2.45. The van der Waals surface area contributed by atoms with Gasteiger partial charge < -0.3 is 56.7 Å². The smallest absolute Gasteiger partial charge is 0.314 e. The van der Waals surface area contributed by atoms with Crippen molar-refractivity contribution >= 4 is 102 Å². The molecule has 0 spiro atoms. The summed E-state index contributed by atoms with van der Waals surface area (Å²) in [4.78, 5) is 0. The molecule has 13 nitrogen and oxygen atoms in total. The van der Waals surface area contributed by atoms with Crippen LogP contribution in [-0.4, -0.2) is 115 Å². The average molecular weight is 934 g/mol. The number of hydrogen-bond acceptors (Lipinski definition) is 13. The minimum Gasteiger partial charge on any atom is -0.435 e. The van der Waals surface area contributed by atoms with Crippen molar-refractivity contribution in [3.63, 3.8) is 0 Å². The molecule has 308 valence electrons. The van der Waals surface area contributed by atoms with E-state index >= 15 is 0 Å². The number of hydrogen-bond donors (Lipinski definition) is 2. The Labute approximate surface area is 326 Å². The van der Waals surface area contributed by atoms with Crippen molar-refractivity contribution in [1.29, 1.82) is 0 Å². The third-order valence-corrected chi connectivity index (χ3v) is 52.2. The first-order chi connectivity index (χ1) is 21.9. The van der Waals surface area contributed by atoms with E-state index in [2.05, 4.69) is 157 Å². The summed E-state index contributed by atoms with van der Waals surface area (Å²) >= 11 is 0. The SMILES string of the molecule is C[Si](C)(CN)O[Si](C)(C)O[Si](C)(C)O[Si](C)(C)O[Si](C)(C)O[Si](C)(C)O[Si](C)(C)O[Si](C)(C)O[Si](C)(C)O[Si](C)(C)O[Si](C)(C)O[Si](C)(C)CN. The second kappa shape index (κ2) is 17.9. The average Bonchev–Trinajstić information content (AvgIpc) is 2.68. The lowest BCUT2D eigenvalue weighted by Crippen LogP contribution is -2.63. The molecule has 0 aromatic carbocycles. The van der Waals surface area contributed by atoms with Crippen LogP contribution in [0.1, 0.15) is 0 Å². The van der Waals surface area contributed by atoms with Crippen LogP contribution in [0.4, 0.5) is 0 Å². The lowest BCUT2D eigenvalue weighted by molar-refractivity contribution is 0.253. The van der Waals surface area contributed by atoms with Crippen LogP contribution in [0, 0.1) is 0 Å². The Balaban J connectivity index is 5.58. The number of rotatable bonds is 24. The number of nitrogens with two attached hydrogens (primary N) is 2. The van der Waals surface area contributed by atoms with E-state index in [4.69, 9.17) is 56.7 Å². The standard InChI is InChI=1S/C26H80N2O11Si12/c1-40(2,25-27)29-42(5,6)31-44(9,10)33-46(13,14)35-48(17,18)37-50(21,22)39-51(23,24)38-49(19,20)36-47(15,16)34-45(11,12)32-43(7,8)30-41(3,4)26-28/h25-28H2,1-24H3. The Bertz CT molecular complexity index is 1040. The predicted molar refractivity (Wildman–Crippen MR) is 240 cm³/mol. The van der Waals surface area contributed by atoms with Crippen LogP contribution < -0.4 is 11.5 Å². The molecule has 0 bridgehead atoms. The van der Waals surface area contributed by atoms with E-state index in [-0.39, 0.29) is 0 Å². The van der Waals surface area contributed by atoms with Crippen molar-refractivity contribution < 1.29 is 45.3 Å². The fourth-order valence-corrected chi connectivity index (χ4v) is 66.3. The first kappa shape index (κ1) is 53.1. The van der Waals surface area contributed by atoms with E-state index in [1.807, 2.05) is 0 Å². The summed E-state index contributed by atoms with van der Waals surface area (Å²) in [5.41, 5.74) is 12.0. The second-order valence-corrected chi connectivity index (χ2v) is 63.9. The molecule has 0 aromatic heterocycles. The molecule has 0 aliphatic rings. The second-order valence-electron chi connectivity index (χ2n) is 19.0.